The Morgan fingerprint density at radius 2 is 2.16 bits per heavy atom. The van der Waals surface area contributed by atoms with E-state index in [2.05, 4.69) is 4.98 Å². The molecule has 6 nitrogen and oxygen atoms in total. The summed E-state index contributed by atoms with van der Waals surface area (Å²) in [5.74, 6) is 0.607. The summed E-state index contributed by atoms with van der Waals surface area (Å²) in [4.78, 5) is 4.09. The molecule has 1 aliphatic rings. The summed E-state index contributed by atoms with van der Waals surface area (Å²) in [5.41, 5.74) is 0.962. The van der Waals surface area contributed by atoms with Gasteiger partial charge in [0, 0.05) is 17.3 Å². The molecular weight excluding hydrogens is 362 g/mol. The molecule has 1 saturated heterocycles. The number of aromatic nitrogens is 1. The van der Waals surface area contributed by atoms with Gasteiger partial charge in [-0.1, -0.05) is 11.6 Å². The van der Waals surface area contributed by atoms with Gasteiger partial charge in [0.15, 0.2) is 0 Å². The molecule has 1 aromatic carbocycles. The van der Waals surface area contributed by atoms with E-state index in [0.717, 1.165) is 5.69 Å². The van der Waals surface area contributed by atoms with Crippen LogP contribution in [0.4, 0.5) is 0 Å². The summed E-state index contributed by atoms with van der Waals surface area (Å²) in [7, 11) is -3.81. The van der Waals surface area contributed by atoms with E-state index in [1.54, 1.807) is 6.20 Å². The Kier molecular flexibility index (Phi) is 4.95. The normalized spacial score (nSPS) is 18.0. The molecule has 1 aromatic heterocycles. The number of hydrogen-bond donors (Lipinski definition) is 0. The summed E-state index contributed by atoms with van der Waals surface area (Å²) >= 11 is 5.91. The Hall–Kier alpha value is -2.14. The minimum Gasteiger partial charge on any atom is -0.487 e. The van der Waals surface area contributed by atoms with Crippen LogP contribution in [0.2, 0.25) is 5.02 Å². The van der Waals surface area contributed by atoms with Gasteiger partial charge in [-0.2, -0.15) is 9.57 Å². The van der Waals surface area contributed by atoms with E-state index < -0.39 is 10.0 Å². The maximum atomic E-state index is 12.9. The Morgan fingerprint density at radius 1 is 1.36 bits per heavy atom. The van der Waals surface area contributed by atoms with Crippen molar-refractivity contribution in [1.82, 2.24) is 9.29 Å². The molecule has 130 valence electrons. The third-order valence-electron chi connectivity index (χ3n) is 3.98. The highest BCUT2D eigenvalue weighted by atomic mass is 35.5. The van der Waals surface area contributed by atoms with Crippen molar-refractivity contribution in [2.24, 2.45) is 0 Å². The fourth-order valence-electron chi connectivity index (χ4n) is 2.67. The lowest BCUT2D eigenvalue weighted by Crippen LogP contribution is -2.31. The lowest BCUT2D eigenvalue weighted by Gasteiger charge is -2.18. The summed E-state index contributed by atoms with van der Waals surface area (Å²) in [6.07, 6.45) is 1.93. The lowest BCUT2D eigenvalue weighted by atomic mass is 10.2. The molecule has 1 fully saturated rings. The molecule has 0 spiro atoms. The minimum atomic E-state index is -3.81. The van der Waals surface area contributed by atoms with Gasteiger partial charge in [-0.3, -0.25) is 4.98 Å². The number of rotatable bonds is 4. The average molecular weight is 378 g/mol. The van der Waals surface area contributed by atoms with Crippen LogP contribution < -0.4 is 4.74 Å². The maximum Gasteiger partial charge on any atom is 0.244 e. The zero-order valence-electron chi connectivity index (χ0n) is 13.5. The van der Waals surface area contributed by atoms with Gasteiger partial charge >= 0.3 is 0 Å². The zero-order chi connectivity index (χ0) is 18.0. The van der Waals surface area contributed by atoms with Crippen molar-refractivity contribution in [3.05, 3.63) is 52.8 Å². The van der Waals surface area contributed by atoms with Gasteiger partial charge in [-0.05, 0) is 43.7 Å². The minimum absolute atomic E-state index is 0.0693. The van der Waals surface area contributed by atoms with E-state index in [1.807, 2.05) is 25.1 Å². The topological polar surface area (TPSA) is 83.3 Å². The molecule has 0 amide bonds. The lowest BCUT2D eigenvalue weighted by molar-refractivity contribution is 0.214. The van der Waals surface area contributed by atoms with Crippen LogP contribution in [0.1, 0.15) is 17.7 Å². The number of pyridine rings is 1. The van der Waals surface area contributed by atoms with Crippen molar-refractivity contribution >= 4 is 21.6 Å². The predicted octanol–water partition coefficient (Wildman–Crippen LogP) is 2.76. The highest BCUT2D eigenvalue weighted by Crippen LogP contribution is 2.27. The van der Waals surface area contributed by atoms with Crippen LogP contribution in [-0.2, 0) is 10.0 Å². The van der Waals surface area contributed by atoms with Gasteiger partial charge in [0.25, 0.3) is 0 Å². The Balaban J connectivity index is 1.78. The van der Waals surface area contributed by atoms with E-state index in [-0.39, 0.29) is 28.1 Å². The van der Waals surface area contributed by atoms with Crippen molar-refractivity contribution in [2.45, 2.75) is 24.3 Å². The van der Waals surface area contributed by atoms with E-state index in [0.29, 0.717) is 18.7 Å². The van der Waals surface area contributed by atoms with Crippen molar-refractivity contribution in [3.8, 4) is 11.8 Å². The maximum absolute atomic E-state index is 12.9. The third kappa shape index (κ3) is 3.76. The van der Waals surface area contributed by atoms with Crippen LogP contribution in [0, 0.1) is 18.3 Å². The summed E-state index contributed by atoms with van der Waals surface area (Å²) in [6, 6.07) is 9.78. The van der Waals surface area contributed by atoms with Crippen LogP contribution in [0.15, 0.2) is 41.4 Å². The van der Waals surface area contributed by atoms with Crippen molar-refractivity contribution < 1.29 is 13.2 Å². The predicted molar refractivity (Wildman–Crippen MR) is 92.9 cm³/mol. The number of ether oxygens (including phenoxy) is 1. The molecular formula is C17H16ClN3O3S. The first kappa shape index (κ1) is 17.7. The van der Waals surface area contributed by atoms with Crippen molar-refractivity contribution in [2.75, 3.05) is 13.1 Å². The average Bonchev–Trinajstić information content (AvgIpc) is 3.06. The second-order valence-corrected chi connectivity index (χ2v) is 8.12. The zero-order valence-corrected chi connectivity index (χ0v) is 15.1. The van der Waals surface area contributed by atoms with Gasteiger partial charge in [0.1, 0.15) is 22.8 Å². The highest BCUT2D eigenvalue weighted by molar-refractivity contribution is 7.89. The van der Waals surface area contributed by atoms with Crippen molar-refractivity contribution in [1.29, 1.82) is 5.26 Å². The second-order valence-electron chi connectivity index (χ2n) is 5.78. The first-order chi connectivity index (χ1) is 11.9. The van der Waals surface area contributed by atoms with Crippen LogP contribution in [-0.4, -0.2) is 36.9 Å². The largest absolute Gasteiger partial charge is 0.487 e. The first-order valence-corrected chi connectivity index (χ1v) is 9.51. The molecule has 25 heavy (non-hydrogen) atoms. The molecule has 0 unspecified atom stereocenters. The Bertz CT molecular complexity index is 923. The van der Waals surface area contributed by atoms with Gasteiger partial charge in [-0.15, -0.1) is 0 Å². The molecule has 8 heteroatoms. The molecule has 0 saturated carbocycles. The molecule has 2 heterocycles. The monoisotopic (exact) mass is 377 g/mol. The van der Waals surface area contributed by atoms with E-state index >= 15 is 0 Å². The third-order valence-corrected chi connectivity index (χ3v) is 6.12. The molecule has 1 atom stereocenters. The molecule has 0 bridgehead atoms. The van der Waals surface area contributed by atoms with Gasteiger partial charge in [0.2, 0.25) is 10.0 Å². The fraction of sp³-hybridized carbons (Fsp3) is 0.294. The van der Waals surface area contributed by atoms with E-state index in [9.17, 15) is 13.7 Å². The molecule has 2 aromatic rings. The van der Waals surface area contributed by atoms with Crippen LogP contribution in [0.25, 0.3) is 0 Å². The first-order valence-electron chi connectivity index (χ1n) is 7.69. The number of sulfonamides is 1. The van der Waals surface area contributed by atoms with E-state index in [1.165, 1.54) is 22.5 Å². The Labute approximate surface area is 151 Å². The van der Waals surface area contributed by atoms with Crippen molar-refractivity contribution in [3.63, 3.8) is 0 Å². The van der Waals surface area contributed by atoms with Gasteiger partial charge in [-0.25, -0.2) is 8.42 Å². The molecule has 0 aliphatic carbocycles. The number of halogens is 1. The second kappa shape index (κ2) is 7.00. The van der Waals surface area contributed by atoms with Gasteiger partial charge < -0.3 is 4.74 Å². The number of aryl methyl sites for hydroxylation is 1. The summed E-state index contributed by atoms with van der Waals surface area (Å²) < 4.78 is 32.9. The SMILES string of the molecule is Cc1ccc(O[C@@H]2CCN(S(=O)(=O)c3cc(Cl)ccc3C#N)C2)cn1. The molecule has 3 rings (SSSR count). The number of nitriles is 1. The summed E-state index contributed by atoms with van der Waals surface area (Å²) in [6.45, 7) is 2.42. The molecule has 0 N–H and O–H groups in total. The molecule has 0 radical (unpaired) electrons. The van der Waals surface area contributed by atoms with Gasteiger partial charge in [0.05, 0.1) is 18.3 Å². The number of nitrogens with zero attached hydrogens (tertiary/aromatic N) is 3. The van der Waals surface area contributed by atoms with Crippen LogP contribution in [0.3, 0.4) is 0 Å². The van der Waals surface area contributed by atoms with E-state index in [4.69, 9.17) is 16.3 Å². The fourth-order valence-corrected chi connectivity index (χ4v) is 4.56. The smallest absolute Gasteiger partial charge is 0.244 e. The number of benzene rings is 1. The molecule has 1 aliphatic heterocycles. The Morgan fingerprint density at radius 3 is 2.84 bits per heavy atom. The van der Waals surface area contributed by atoms with Crippen LogP contribution in [0.5, 0.6) is 5.75 Å². The summed E-state index contributed by atoms with van der Waals surface area (Å²) in [5, 5.41) is 9.45. The quantitative estimate of drug-likeness (QED) is 0.818. The van der Waals surface area contributed by atoms with Crippen LogP contribution >= 0.6 is 11.6 Å². The standard InChI is InChI=1S/C17H16ClN3O3S/c1-12-2-5-15(10-20-12)24-16-6-7-21(11-16)25(22,23)17-8-14(18)4-3-13(17)9-19/h2-5,8,10,16H,6-7,11H2,1H3/t16-/m1/s1. The number of hydrogen-bond acceptors (Lipinski definition) is 5. The highest BCUT2D eigenvalue weighted by Gasteiger charge is 2.35.